The van der Waals surface area contributed by atoms with E-state index in [0.717, 1.165) is 32.1 Å². The second kappa shape index (κ2) is 10.9. The topological polar surface area (TPSA) is 34.1 Å². The van der Waals surface area contributed by atoms with Gasteiger partial charge in [0.05, 0.1) is 0 Å². The van der Waals surface area contributed by atoms with Crippen LogP contribution in [-0.2, 0) is 0 Å². The summed E-state index contributed by atoms with van der Waals surface area (Å²) in [7, 11) is 2.14. The predicted octanol–water partition coefficient (Wildman–Crippen LogP) is 2.48. The molecule has 2 fully saturated rings. The maximum absolute atomic E-state index is 12.9. The number of likely N-dealkylation sites (tertiary alicyclic amines) is 1. The van der Waals surface area contributed by atoms with Gasteiger partial charge >= 0.3 is 6.18 Å². The summed E-state index contributed by atoms with van der Waals surface area (Å²) in [6.07, 6.45) is -1.75. The fraction of sp³-hybridized carbons (Fsp3) is 0.941. The lowest BCUT2D eigenvalue weighted by atomic mass is 9.99. The molecular weight excluding hydrogens is 458 g/mol. The molecule has 0 aromatic rings. The molecule has 154 valence electrons. The molecule has 2 unspecified atom stereocenters. The van der Waals surface area contributed by atoms with Crippen molar-refractivity contribution in [2.45, 2.75) is 38.9 Å². The number of piperazine rings is 1. The first-order chi connectivity index (χ1) is 11.8. The van der Waals surface area contributed by atoms with Gasteiger partial charge in [-0.05, 0) is 46.2 Å². The van der Waals surface area contributed by atoms with Gasteiger partial charge in [0.1, 0.15) is 6.04 Å². The summed E-state index contributed by atoms with van der Waals surface area (Å²) in [4.78, 5) is 10.7. The molecule has 2 aliphatic rings. The first kappa shape index (κ1) is 23.7. The molecule has 9 heteroatoms. The highest BCUT2D eigenvalue weighted by Gasteiger charge is 2.41. The lowest BCUT2D eigenvalue weighted by molar-refractivity contribution is -0.181. The number of piperidine rings is 1. The van der Waals surface area contributed by atoms with Crippen LogP contribution in [0.2, 0.25) is 0 Å². The second-order valence-electron chi connectivity index (χ2n) is 7.21. The minimum atomic E-state index is -4.16. The van der Waals surface area contributed by atoms with Crippen molar-refractivity contribution in [1.82, 2.24) is 20.0 Å². The van der Waals surface area contributed by atoms with Crippen LogP contribution >= 0.6 is 24.0 Å². The van der Waals surface area contributed by atoms with E-state index in [1.54, 1.807) is 0 Å². The number of nitrogens with one attached hydrogen (secondary N) is 1. The molecule has 26 heavy (non-hydrogen) atoms. The number of guanidine groups is 1. The van der Waals surface area contributed by atoms with E-state index in [1.807, 2.05) is 6.92 Å². The summed E-state index contributed by atoms with van der Waals surface area (Å²) in [6, 6.07) is -1.38. The third-order valence-corrected chi connectivity index (χ3v) is 5.19. The Balaban J connectivity index is 0.00000338. The van der Waals surface area contributed by atoms with Crippen LogP contribution in [0.3, 0.4) is 0 Å². The van der Waals surface area contributed by atoms with Crippen molar-refractivity contribution in [1.29, 1.82) is 0 Å². The summed E-state index contributed by atoms with van der Waals surface area (Å²) < 4.78 is 38.6. The van der Waals surface area contributed by atoms with Crippen LogP contribution in [0.15, 0.2) is 4.99 Å². The van der Waals surface area contributed by atoms with E-state index in [1.165, 1.54) is 24.7 Å². The summed E-state index contributed by atoms with van der Waals surface area (Å²) in [5.41, 5.74) is 0. The van der Waals surface area contributed by atoms with Gasteiger partial charge in [-0.3, -0.25) is 9.89 Å². The Morgan fingerprint density at radius 3 is 2.38 bits per heavy atom. The fourth-order valence-electron chi connectivity index (χ4n) is 3.59. The highest BCUT2D eigenvalue weighted by atomic mass is 127. The molecule has 1 N–H and O–H groups in total. The minimum Gasteiger partial charge on any atom is -0.357 e. The van der Waals surface area contributed by atoms with Crippen LogP contribution in [0.5, 0.6) is 0 Å². The normalized spacial score (nSPS) is 24.9. The zero-order chi connectivity index (χ0) is 18.4. The van der Waals surface area contributed by atoms with Crippen molar-refractivity contribution >= 4 is 29.9 Å². The molecule has 0 bridgehead atoms. The third kappa shape index (κ3) is 7.03. The van der Waals surface area contributed by atoms with E-state index in [9.17, 15) is 13.2 Å². The van der Waals surface area contributed by atoms with E-state index < -0.39 is 12.2 Å². The third-order valence-electron chi connectivity index (χ3n) is 5.19. The quantitative estimate of drug-likeness (QED) is 0.373. The Morgan fingerprint density at radius 2 is 1.85 bits per heavy atom. The second-order valence-corrected chi connectivity index (χ2v) is 7.21. The van der Waals surface area contributed by atoms with Crippen LogP contribution in [-0.4, -0.2) is 92.3 Å². The van der Waals surface area contributed by atoms with Crippen molar-refractivity contribution in [2.24, 2.45) is 10.9 Å². The van der Waals surface area contributed by atoms with E-state index in [-0.39, 0.29) is 24.0 Å². The number of hydrogen-bond acceptors (Lipinski definition) is 3. The Bertz CT molecular complexity index is 439. The molecule has 0 aromatic heterocycles. The fourth-order valence-corrected chi connectivity index (χ4v) is 3.59. The molecule has 0 saturated carbocycles. The Kier molecular flexibility index (Phi) is 9.95. The molecule has 2 aliphatic heterocycles. The first-order valence-electron chi connectivity index (χ1n) is 9.33. The van der Waals surface area contributed by atoms with Crippen molar-refractivity contribution in [3.05, 3.63) is 0 Å². The summed E-state index contributed by atoms with van der Waals surface area (Å²) in [6.45, 7) is 9.02. The molecule has 5 nitrogen and oxygen atoms in total. The van der Waals surface area contributed by atoms with Gasteiger partial charge in [0.25, 0.3) is 0 Å². The van der Waals surface area contributed by atoms with Gasteiger partial charge in [0.2, 0.25) is 0 Å². The molecule has 0 spiro atoms. The summed E-state index contributed by atoms with van der Waals surface area (Å²) >= 11 is 0. The maximum Gasteiger partial charge on any atom is 0.403 e. The zero-order valence-corrected chi connectivity index (χ0v) is 18.4. The van der Waals surface area contributed by atoms with Gasteiger partial charge in [-0.25, -0.2) is 0 Å². The molecule has 2 rings (SSSR count). The van der Waals surface area contributed by atoms with Gasteiger partial charge in [-0.2, -0.15) is 13.2 Å². The Hall–Kier alpha value is -0.290. The smallest absolute Gasteiger partial charge is 0.357 e. The maximum atomic E-state index is 12.9. The number of nitrogens with zero attached hydrogens (tertiary/aromatic N) is 4. The van der Waals surface area contributed by atoms with E-state index >= 15 is 0 Å². The highest BCUT2D eigenvalue weighted by molar-refractivity contribution is 14.0. The summed E-state index contributed by atoms with van der Waals surface area (Å²) in [5, 5.41) is 3.30. The van der Waals surface area contributed by atoms with E-state index in [2.05, 4.69) is 22.2 Å². The largest absolute Gasteiger partial charge is 0.403 e. The number of rotatable bonds is 4. The zero-order valence-electron chi connectivity index (χ0n) is 16.1. The van der Waals surface area contributed by atoms with Gasteiger partial charge < -0.3 is 15.1 Å². The monoisotopic (exact) mass is 491 g/mol. The Morgan fingerprint density at radius 1 is 1.19 bits per heavy atom. The predicted molar refractivity (Wildman–Crippen MR) is 110 cm³/mol. The van der Waals surface area contributed by atoms with Crippen LogP contribution in [0, 0.1) is 5.92 Å². The molecule has 0 aromatic carbocycles. The van der Waals surface area contributed by atoms with Gasteiger partial charge in [0, 0.05) is 45.8 Å². The van der Waals surface area contributed by atoms with Crippen LogP contribution in [0.1, 0.15) is 26.7 Å². The van der Waals surface area contributed by atoms with Crippen molar-refractivity contribution in [2.75, 3.05) is 59.4 Å². The van der Waals surface area contributed by atoms with Crippen molar-refractivity contribution in [3.8, 4) is 0 Å². The van der Waals surface area contributed by atoms with Crippen LogP contribution in [0.25, 0.3) is 0 Å². The minimum absolute atomic E-state index is 0. The van der Waals surface area contributed by atoms with Crippen LogP contribution in [0.4, 0.5) is 13.2 Å². The van der Waals surface area contributed by atoms with Crippen LogP contribution < -0.4 is 5.32 Å². The molecule has 0 aliphatic carbocycles. The molecule has 0 radical (unpaired) electrons. The summed E-state index contributed by atoms with van der Waals surface area (Å²) in [5.74, 6) is 1.41. The molecular formula is C17H33F3IN5. The number of alkyl halides is 3. The molecule has 2 atom stereocenters. The molecule has 0 amide bonds. The van der Waals surface area contributed by atoms with Gasteiger partial charge in [0.15, 0.2) is 5.96 Å². The molecule has 2 heterocycles. The molecule has 2 saturated heterocycles. The van der Waals surface area contributed by atoms with Crippen molar-refractivity contribution < 1.29 is 13.2 Å². The lowest BCUT2D eigenvalue weighted by Gasteiger charge is -2.39. The number of hydrogen-bond donors (Lipinski definition) is 1. The number of aliphatic imine (C=N–C) groups is 1. The average Bonchev–Trinajstić information content (AvgIpc) is 2.57. The van der Waals surface area contributed by atoms with Gasteiger partial charge in [-0.1, -0.05) is 0 Å². The van der Waals surface area contributed by atoms with Gasteiger partial charge in [-0.15, -0.1) is 24.0 Å². The van der Waals surface area contributed by atoms with E-state index in [0.29, 0.717) is 32.1 Å². The highest BCUT2D eigenvalue weighted by Crippen LogP contribution is 2.25. The number of halogens is 4. The lowest BCUT2D eigenvalue weighted by Crippen LogP contribution is -2.56. The standard InChI is InChI=1S/C17H32F3N5.HI/c1-4-21-16(22-12-15-6-5-7-23(3)13-15)25-10-8-24(9-11-25)14(2)17(18,19)20;/h14-15H,4-13H2,1-3H3,(H,21,22);1H. The van der Waals surface area contributed by atoms with Crippen molar-refractivity contribution in [3.63, 3.8) is 0 Å². The Labute approximate surface area is 172 Å². The SMILES string of the molecule is CCNC(=NCC1CCCN(C)C1)N1CCN(C(C)C(F)(F)F)CC1.I. The first-order valence-corrected chi connectivity index (χ1v) is 9.33. The average molecular weight is 491 g/mol. The van der Waals surface area contributed by atoms with E-state index in [4.69, 9.17) is 4.99 Å².